The summed E-state index contributed by atoms with van der Waals surface area (Å²) in [5.74, 6) is -0.154. The molecule has 0 unspecified atom stereocenters. The minimum absolute atomic E-state index is 0.154. The van der Waals surface area contributed by atoms with Crippen molar-refractivity contribution in [2.45, 2.75) is 52.1 Å². The number of halogens is 1. The molecule has 1 aliphatic heterocycles. The number of carbonyl (C=O) groups is 1. The Kier molecular flexibility index (Phi) is 5.56. The second-order valence-electron chi connectivity index (χ2n) is 7.22. The first-order valence-electron chi connectivity index (χ1n) is 9.12. The van der Waals surface area contributed by atoms with Gasteiger partial charge in [-0.25, -0.2) is 0 Å². The molecule has 1 aliphatic rings. The molecule has 0 aliphatic carbocycles. The number of piperidine rings is 1. The van der Waals surface area contributed by atoms with Crippen LogP contribution in [0.4, 0.5) is 17.1 Å². The minimum atomic E-state index is -0.154. The summed E-state index contributed by atoms with van der Waals surface area (Å²) in [6, 6.07) is 12.2. The summed E-state index contributed by atoms with van der Waals surface area (Å²) < 4.78 is 0.944. The van der Waals surface area contributed by atoms with Crippen molar-refractivity contribution in [3.05, 3.63) is 52.0 Å². The number of amides is 1. The Morgan fingerprint density at radius 3 is 2.38 bits per heavy atom. The maximum atomic E-state index is 12.6. The molecule has 3 N–H and O–H groups in total. The zero-order valence-electron chi connectivity index (χ0n) is 15.6. The van der Waals surface area contributed by atoms with Crippen molar-refractivity contribution in [3.63, 3.8) is 0 Å². The minimum Gasteiger partial charge on any atom is -0.397 e. The van der Waals surface area contributed by atoms with Crippen molar-refractivity contribution < 1.29 is 4.79 Å². The Morgan fingerprint density at radius 2 is 1.77 bits per heavy atom. The number of nitrogens with two attached hydrogens (primary N) is 1. The summed E-state index contributed by atoms with van der Waals surface area (Å²) >= 11 is 3.39. The molecule has 0 aromatic heterocycles. The van der Waals surface area contributed by atoms with E-state index < -0.39 is 0 Å². The Bertz CT molecular complexity index is 794. The van der Waals surface area contributed by atoms with Gasteiger partial charge in [0.15, 0.2) is 0 Å². The number of hydrogen-bond donors (Lipinski definition) is 2. The van der Waals surface area contributed by atoms with Gasteiger partial charge in [-0.2, -0.15) is 0 Å². The van der Waals surface area contributed by atoms with Crippen LogP contribution in [0.15, 0.2) is 40.9 Å². The number of carbonyl (C=O) groups excluding carboxylic acids is 1. The molecule has 0 bridgehead atoms. The number of aryl methyl sites for hydroxylation is 1. The first-order chi connectivity index (χ1) is 12.4. The number of anilines is 3. The Labute approximate surface area is 163 Å². The van der Waals surface area contributed by atoms with Crippen LogP contribution >= 0.6 is 15.9 Å². The summed E-state index contributed by atoms with van der Waals surface area (Å²) in [6.45, 7) is 6.62. The van der Waals surface area contributed by atoms with E-state index in [0.717, 1.165) is 15.7 Å². The van der Waals surface area contributed by atoms with Gasteiger partial charge in [-0.1, -0.05) is 15.9 Å². The van der Waals surface area contributed by atoms with Crippen molar-refractivity contribution >= 4 is 38.9 Å². The molecule has 1 amide bonds. The van der Waals surface area contributed by atoms with Crippen molar-refractivity contribution in [2.75, 3.05) is 16.0 Å². The van der Waals surface area contributed by atoms with Gasteiger partial charge in [-0.05, 0) is 82.0 Å². The quantitative estimate of drug-likeness (QED) is 0.663. The standard InChI is InChI=1S/C21H26BrN3O/c1-13-11-18(23)19(24-21(26)16-7-9-17(22)10-8-16)12-20(13)25-14(2)5-4-6-15(25)3/h7-12,14-15H,4-6,23H2,1-3H3,(H,24,26)/t14-,15-/m0/s1. The lowest BCUT2D eigenvalue weighted by molar-refractivity contribution is 0.102. The molecule has 2 aromatic carbocycles. The fourth-order valence-corrected chi connectivity index (χ4v) is 4.06. The maximum absolute atomic E-state index is 12.6. The van der Waals surface area contributed by atoms with Gasteiger partial charge < -0.3 is 16.0 Å². The third kappa shape index (κ3) is 3.88. The smallest absolute Gasteiger partial charge is 0.255 e. The molecule has 26 heavy (non-hydrogen) atoms. The van der Waals surface area contributed by atoms with Crippen LogP contribution in [0.3, 0.4) is 0 Å². The summed E-state index contributed by atoms with van der Waals surface area (Å²) in [7, 11) is 0. The Morgan fingerprint density at radius 1 is 1.15 bits per heavy atom. The van der Waals surface area contributed by atoms with Crippen LogP contribution in [-0.2, 0) is 0 Å². The number of hydrogen-bond acceptors (Lipinski definition) is 3. The van der Waals surface area contributed by atoms with Crippen LogP contribution in [-0.4, -0.2) is 18.0 Å². The highest BCUT2D eigenvalue weighted by Crippen LogP contribution is 2.36. The van der Waals surface area contributed by atoms with Crippen LogP contribution < -0.4 is 16.0 Å². The van der Waals surface area contributed by atoms with Crippen LogP contribution in [0, 0.1) is 6.92 Å². The zero-order valence-corrected chi connectivity index (χ0v) is 17.1. The predicted octanol–water partition coefficient (Wildman–Crippen LogP) is 5.36. The monoisotopic (exact) mass is 415 g/mol. The molecule has 1 heterocycles. The normalized spacial score (nSPS) is 20.1. The van der Waals surface area contributed by atoms with E-state index >= 15 is 0 Å². The first kappa shape index (κ1) is 18.8. The van der Waals surface area contributed by atoms with Gasteiger partial charge in [0.25, 0.3) is 5.91 Å². The molecule has 1 saturated heterocycles. The van der Waals surface area contributed by atoms with Crippen LogP contribution in [0.1, 0.15) is 49.0 Å². The summed E-state index contributed by atoms with van der Waals surface area (Å²) in [6.07, 6.45) is 3.64. The third-order valence-electron chi connectivity index (χ3n) is 5.19. The summed E-state index contributed by atoms with van der Waals surface area (Å²) in [4.78, 5) is 15.0. The molecule has 2 aromatic rings. The van der Waals surface area contributed by atoms with Crippen LogP contribution in [0.25, 0.3) is 0 Å². The summed E-state index contributed by atoms with van der Waals surface area (Å²) in [5, 5.41) is 2.98. The zero-order chi connectivity index (χ0) is 18.8. The largest absolute Gasteiger partial charge is 0.397 e. The van der Waals surface area contributed by atoms with Crippen molar-refractivity contribution in [1.29, 1.82) is 0 Å². The third-order valence-corrected chi connectivity index (χ3v) is 5.72. The summed E-state index contributed by atoms with van der Waals surface area (Å²) in [5.41, 5.74) is 10.4. The molecule has 5 heteroatoms. The SMILES string of the molecule is Cc1cc(N)c(NC(=O)c2ccc(Br)cc2)cc1N1[C@@H](C)CCC[C@@H]1C. The fraction of sp³-hybridized carbons (Fsp3) is 0.381. The lowest BCUT2D eigenvalue weighted by Gasteiger charge is -2.42. The maximum Gasteiger partial charge on any atom is 0.255 e. The van der Waals surface area contributed by atoms with E-state index in [1.165, 1.54) is 19.3 Å². The van der Waals surface area contributed by atoms with Crippen molar-refractivity contribution in [1.82, 2.24) is 0 Å². The van der Waals surface area contributed by atoms with Gasteiger partial charge in [-0.3, -0.25) is 4.79 Å². The topological polar surface area (TPSA) is 58.4 Å². The predicted molar refractivity (Wildman–Crippen MR) is 113 cm³/mol. The van der Waals surface area contributed by atoms with E-state index in [1.54, 1.807) is 12.1 Å². The van der Waals surface area contributed by atoms with E-state index in [-0.39, 0.29) is 5.91 Å². The van der Waals surface area contributed by atoms with Crippen molar-refractivity contribution in [2.24, 2.45) is 0 Å². The average molecular weight is 416 g/mol. The van der Waals surface area contributed by atoms with Gasteiger partial charge in [-0.15, -0.1) is 0 Å². The Hall–Kier alpha value is -2.01. The number of nitrogens with one attached hydrogen (secondary N) is 1. The first-order valence-corrected chi connectivity index (χ1v) is 9.91. The van der Waals surface area contributed by atoms with Gasteiger partial charge in [0.2, 0.25) is 0 Å². The molecule has 1 fully saturated rings. The molecule has 2 atom stereocenters. The highest BCUT2D eigenvalue weighted by molar-refractivity contribution is 9.10. The van der Waals surface area contributed by atoms with E-state index in [1.807, 2.05) is 24.3 Å². The second-order valence-corrected chi connectivity index (χ2v) is 8.14. The van der Waals surface area contributed by atoms with E-state index in [9.17, 15) is 4.79 Å². The number of nitrogens with zero attached hydrogens (tertiary/aromatic N) is 1. The van der Waals surface area contributed by atoms with E-state index in [2.05, 4.69) is 46.9 Å². The molecule has 0 radical (unpaired) electrons. The van der Waals surface area contributed by atoms with Crippen LogP contribution in [0.2, 0.25) is 0 Å². The van der Waals surface area contributed by atoms with Gasteiger partial charge >= 0.3 is 0 Å². The molecule has 3 rings (SSSR count). The fourth-order valence-electron chi connectivity index (χ4n) is 3.80. The molecule has 138 valence electrons. The molecular weight excluding hydrogens is 390 g/mol. The lowest BCUT2D eigenvalue weighted by atomic mass is 9.95. The number of benzene rings is 2. The molecule has 4 nitrogen and oxygen atoms in total. The van der Waals surface area contributed by atoms with Crippen LogP contribution in [0.5, 0.6) is 0 Å². The lowest BCUT2D eigenvalue weighted by Crippen LogP contribution is -2.44. The van der Waals surface area contributed by atoms with E-state index in [0.29, 0.717) is 29.0 Å². The average Bonchev–Trinajstić information content (AvgIpc) is 2.59. The molecule has 0 spiro atoms. The number of rotatable bonds is 3. The van der Waals surface area contributed by atoms with Crippen molar-refractivity contribution in [3.8, 4) is 0 Å². The van der Waals surface area contributed by atoms with Gasteiger partial charge in [0.05, 0.1) is 11.4 Å². The van der Waals surface area contributed by atoms with E-state index in [4.69, 9.17) is 5.73 Å². The second kappa shape index (κ2) is 7.70. The Balaban J connectivity index is 1.90. The molecule has 0 saturated carbocycles. The molecular formula is C21H26BrN3O. The highest BCUT2D eigenvalue weighted by Gasteiger charge is 2.26. The number of nitrogen functional groups attached to an aromatic ring is 1. The van der Waals surface area contributed by atoms with Gasteiger partial charge in [0.1, 0.15) is 0 Å². The van der Waals surface area contributed by atoms with Gasteiger partial charge in [0, 0.05) is 27.8 Å². The highest BCUT2D eigenvalue weighted by atomic mass is 79.9.